The lowest BCUT2D eigenvalue weighted by molar-refractivity contribution is 0.404. The van der Waals surface area contributed by atoms with E-state index in [1.54, 1.807) is 21.3 Å². The predicted octanol–water partition coefficient (Wildman–Crippen LogP) is 4.15. The third kappa shape index (κ3) is 4.81. The zero-order valence-electron chi connectivity index (χ0n) is 14.3. The van der Waals surface area contributed by atoms with E-state index in [2.05, 4.69) is 24.4 Å². The number of benzene rings is 2. The van der Waals surface area contributed by atoms with Crippen molar-refractivity contribution in [2.75, 3.05) is 26.6 Å². The van der Waals surface area contributed by atoms with Gasteiger partial charge in [0.1, 0.15) is 17.2 Å². The summed E-state index contributed by atoms with van der Waals surface area (Å²) in [4.78, 5) is 0. The van der Waals surface area contributed by atoms with Crippen LogP contribution in [-0.4, -0.2) is 27.4 Å². The summed E-state index contributed by atoms with van der Waals surface area (Å²) in [5, 5.41) is 3.50. The fourth-order valence-corrected chi connectivity index (χ4v) is 2.44. The first kappa shape index (κ1) is 17.0. The molecule has 1 atom stereocenters. The molecule has 0 aromatic heterocycles. The number of anilines is 1. The van der Waals surface area contributed by atoms with Crippen LogP contribution in [-0.2, 0) is 6.42 Å². The highest BCUT2D eigenvalue weighted by Gasteiger charge is 2.09. The van der Waals surface area contributed by atoms with Crippen molar-refractivity contribution in [1.29, 1.82) is 0 Å². The van der Waals surface area contributed by atoms with Gasteiger partial charge in [-0.25, -0.2) is 0 Å². The average Bonchev–Trinajstić information content (AvgIpc) is 2.60. The summed E-state index contributed by atoms with van der Waals surface area (Å²) in [6.07, 6.45) is 2.02. The largest absolute Gasteiger partial charge is 0.497 e. The van der Waals surface area contributed by atoms with E-state index in [9.17, 15) is 0 Å². The van der Waals surface area contributed by atoms with Crippen molar-refractivity contribution in [2.24, 2.45) is 0 Å². The normalized spacial score (nSPS) is 11.7. The van der Waals surface area contributed by atoms with Crippen LogP contribution in [0.3, 0.4) is 0 Å². The highest BCUT2D eigenvalue weighted by molar-refractivity contribution is 5.60. The summed E-state index contributed by atoms with van der Waals surface area (Å²) < 4.78 is 15.9. The lowest BCUT2D eigenvalue weighted by atomic mass is 10.1. The van der Waals surface area contributed by atoms with Crippen molar-refractivity contribution >= 4 is 5.69 Å². The van der Waals surface area contributed by atoms with E-state index in [1.807, 2.05) is 30.3 Å². The van der Waals surface area contributed by atoms with Crippen molar-refractivity contribution < 1.29 is 14.2 Å². The second-order valence-electron chi connectivity index (χ2n) is 5.50. The van der Waals surface area contributed by atoms with Crippen LogP contribution in [0.1, 0.15) is 18.9 Å². The van der Waals surface area contributed by atoms with Crippen molar-refractivity contribution in [2.45, 2.75) is 25.8 Å². The Labute approximate surface area is 138 Å². The summed E-state index contributed by atoms with van der Waals surface area (Å²) >= 11 is 0. The van der Waals surface area contributed by atoms with Gasteiger partial charge in [-0.15, -0.1) is 0 Å². The Bertz CT molecular complexity index is 611. The quantitative estimate of drug-likeness (QED) is 0.794. The third-order valence-electron chi connectivity index (χ3n) is 3.83. The SMILES string of the molecule is COc1ccc(CCC(C)Nc2cc(OC)ccc2OC)cc1. The molecule has 0 amide bonds. The van der Waals surface area contributed by atoms with E-state index in [1.165, 1.54) is 5.56 Å². The lowest BCUT2D eigenvalue weighted by Gasteiger charge is -2.18. The molecule has 2 aromatic rings. The minimum absolute atomic E-state index is 0.318. The maximum Gasteiger partial charge on any atom is 0.142 e. The Morgan fingerprint density at radius 2 is 1.52 bits per heavy atom. The number of aryl methyl sites for hydroxylation is 1. The predicted molar refractivity (Wildman–Crippen MR) is 93.9 cm³/mol. The molecule has 2 rings (SSSR count). The fraction of sp³-hybridized carbons (Fsp3) is 0.368. The molecule has 23 heavy (non-hydrogen) atoms. The third-order valence-corrected chi connectivity index (χ3v) is 3.83. The number of rotatable bonds is 8. The Hall–Kier alpha value is -2.36. The highest BCUT2D eigenvalue weighted by Crippen LogP contribution is 2.29. The molecule has 0 aliphatic carbocycles. The van der Waals surface area contributed by atoms with Crippen LogP contribution in [0.2, 0.25) is 0 Å². The van der Waals surface area contributed by atoms with Crippen molar-refractivity contribution in [3.8, 4) is 17.2 Å². The second-order valence-corrected chi connectivity index (χ2v) is 5.50. The summed E-state index contributed by atoms with van der Waals surface area (Å²) in [6, 6.07) is 14.3. The van der Waals surface area contributed by atoms with Gasteiger partial charge in [0.05, 0.1) is 27.0 Å². The van der Waals surface area contributed by atoms with Crippen LogP contribution in [0.4, 0.5) is 5.69 Å². The van der Waals surface area contributed by atoms with Crippen LogP contribution < -0.4 is 19.5 Å². The van der Waals surface area contributed by atoms with Crippen LogP contribution in [0.5, 0.6) is 17.2 Å². The van der Waals surface area contributed by atoms with E-state index in [-0.39, 0.29) is 0 Å². The Morgan fingerprint density at radius 3 is 2.13 bits per heavy atom. The summed E-state index contributed by atoms with van der Waals surface area (Å²) in [5.41, 5.74) is 2.26. The number of nitrogens with one attached hydrogen (secondary N) is 1. The van der Waals surface area contributed by atoms with Gasteiger partial charge in [-0.2, -0.15) is 0 Å². The number of methoxy groups -OCH3 is 3. The maximum atomic E-state index is 5.40. The van der Waals surface area contributed by atoms with Crippen LogP contribution in [0.25, 0.3) is 0 Å². The average molecular weight is 315 g/mol. The molecule has 0 aliphatic heterocycles. The molecule has 1 N–H and O–H groups in total. The van der Waals surface area contributed by atoms with E-state index < -0.39 is 0 Å². The van der Waals surface area contributed by atoms with Gasteiger partial charge in [0.15, 0.2) is 0 Å². The minimum Gasteiger partial charge on any atom is -0.497 e. The van der Waals surface area contributed by atoms with E-state index in [0.717, 1.165) is 35.8 Å². The summed E-state index contributed by atoms with van der Waals surface area (Å²) in [6.45, 7) is 2.17. The molecule has 0 spiro atoms. The van der Waals surface area contributed by atoms with Gasteiger partial charge in [0, 0.05) is 12.1 Å². The standard InChI is InChI=1S/C19H25NO3/c1-14(5-6-15-7-9-16(21-2)10-8-15)20-18-13-17(22-3)11-12-19(18)23-4/h7-14,20H,5-6H2,1-4H3. The molecular weight excluding hydrogens is 290 g/mol. The molecule has 4 nitrogen and oxygen atoms in total. The monoisotopic (exact) mass is 315 g/mol. The van der Waals surface area contributed by atoms with E-state index in [0.29, 0.717) is 6.04 Å². The molecular formula is C19H25NO3. The number of hydrogen-bond acceptors (Lipinski definition) is 4. The minimum atomic E-state index is 0.318. The van der Waals surface area contributed by atoms with Crippen molar-refractivity contribution in [1.82, 2.24) is 0 Å². The van der Waals surface area contributed by atoms with Gasteiger partial charge in [-0.3, -0.25) is 0 Å². The van der Waals surface area contributed by atoms with Crippen LogP contribution in [0, 0.1) is 0 Å². The second kappa shape index (κ2) is 8.32. The zero-order valence-corrected chi connectivity index (χ0v) is 14.3. The molecule has 0 bridgehead atoms. The Balaban J connectivity index is 1.94. The molecule has 0 saturated carbocycles. The Morgan fingerprint density at radius 1 is 0.870 bits per heavy atom. The van der Waals surface area contributed by atoms with Crippen molar-refractivity contribution in [3.63, 3.8) is 0 Å². The first-order valence-corrected chi connectivity index (χ1v) is 7.77. The van der Waals surface area contributed by atoms with Gasteiger partial charge in [0.2, 0.25) is 0 Å². The summed E-state index contributed by atoms with van der Waals surface area (Å²) in [7, 11) is 5.02. The lowest BCUT2D eigenvalue weighted by Crippen LogP contribution is -2.16. The number of ether oxygens (including phenoxy) is 3. The summed E-state index contributed by atoms with van der Waals surface area (Å²) in [5.74, 6) is 2.53. The molecule has 0 aliphatic rings. The van der Waals surface area contributed by atoms with Crippen molar-refractivity contribution in [3.05, 3.63) is 48.0 Å². The highest BCUT2D eigenvalue weighted by atomic mass is 16.5. The van der Waals surface area contributed by atoms with Gasteiger partial charge < -0.3 is 19.5 Å². The molecule has 0 fully saturated rings. The smallest absolute Gasteiger partial charge is 0.142 e. The van der Waals surface area contributed by atoms with Crippen LogP contribution >= 0.6 is 0 Å². The van der Waals surface area contributed by atoms with E-state index in [4.69, 9.17) is 14.2 Å². The molecule has 2 aromatic carbocycles. The van der Waals surface area contributed by atoms with E-state index >= 15 is 0 Å². The fourth-order valence-electron chi connectivity index (χ4n) is 2.44. The Kier molecular flexibility index (Phi) is 6.15. The van der Waals surface area contributed by atoms with Gasteiger partial charge in [-0.05, 0) is 49.6 Å². The molecule has 0 radical (unpaired) electrons. The molecule has 124 valence electrons. The zero-order chi connectivity index (χ0) is 16.7. The topological polar surface area (TPSA) is 39.7 Å². The van der Waals surface area contributed by atoms with Gasteiger partial charge in [-0.1, -0.05) is 12.1 Å². The molecule has 4 heteroatoms. The maximum absolute atomic E-state index is 5.40. The first-order valence-electron chi connectivity index (χ1n) is 7.77. The van der Waals surface area contributed by atoms with Gasteiger partial charge >= 0.3 is 0 Å². The van der Waals surface area contributed by atoms with Gasteiger partial charge in [0.25, 0.3) is 0 Å². The molecule has 1 unspecified atom stereocenters. The number of hydrogen-bond donors (Lipinski definition) is 1. The van der Waals surface area contributed by atoms with Crippen LogP contribution in [0.15, 0.2) is 42.5 Å². The first-order chi connectivity index (χ1) is 11.2. The molecule has 0 heterocycles. The molecule has 0 saturated heterocycles.